The SMILES string of the molecule is Cc1cccc(C)c1C#Cc1ccccn1. The second-order valence-electron chi connectivity index (χ2n) is 3.73. The Kier molecular flexibility index (Phi) is 3.03. The van der Waals surface area contributed by atoms with Crippen LogP contribution in [0.4, 0.5) is 0 Å². The average molecular weight is 207 g/mol. The molecule has 1 aromatic heterocycles. The van der Waals surface area contributed by atoms with Gasteiger partial charge in [0.2, 0.25) is 0 Å². The second-order valence-corrected chi connectivity index (χ2v) is 3.73. The Balaban J connectivity index is 2.39. The Morgan fingerprint density at radius 2 is 1.62 bits per heavy atom. The van der Waals surface area contributed by atoms with Crippen molar-refractivity contribution in [3.8, 4) is 11.8 Å². The van der Waals surface area contributed by atoms with Crippen molar-refractivity contribution in [2.45, 2.75) is 13.8 Å². The van der Waals surface area contributed by atoms with E-state index < -0.39 is 0 Å². The van der Waals surface area contributed by atoms with Crippen molar-refractivity contribution in [3.05, 3.63) is 65.0 Å². The molecule has 0 bridgehead atoms. The molecule has 0 radical (unpaired) electrons. The van der Waals surface area contributed by atoms with E-state index in [1.54, 1.807) is 6.20 Å². The van der Waals surface area contributed by atoms with Crippen molar-refractivity contribution in [2.75, 3.05) is 0 Å². The number of aromatic nitrogens is 1. The van der Waals surface area contributed by atoms with Crippen LogP contribution in [-0.2, 0) is 0 Å². The average Bonchev–Trinajstić information content (AvgIpc) is 2.30. The van der Waals surface area contributed by atoms with E-state index in [9.17, 15) is 0 Å². The number of rotatable bonds is 0. The molecule has 0 spiro atoms. The van der Waals surface area contributed by atoms with E-state index in [-0.39, 0.29) is 0 Å². The topological polar surface area (TPSA) is 12.9 Å². The maximum atomic E-state index is 4.18. The van der Waals surface area contributed by atoms with Gasteiger partial charge in [0.1, 0.15) is 5.69 Å². The number of hydrogen-bond acceptors (Lipinski definition) is 1. The van der Waals surface area contributed by atoms with Crippen molar-refractivity contribution in [3.63, 3.8) is 0 Å². The quantitative estimate of drug-likeness (QED) is 0.605. The minimum absolute atomic E-state index is 0.810. The first-order valence-corrected chi connectivity index (χ1v) is 5.26. The van der Waals surface area contributed by atoms with E-state index in [1.165, 1.54) is 11.1 Å². The summed E-state index contributed by atoms with van der Waals surface area (Å²) in [6, 6.07) is 12.0. The maximum Gasteiger partial charge on any atom is 0.113 e. The van der Waals surface area contributed by atoms with Gasteiger partial charge >= 0.3 is 0 Å². The van der Waals surface area contributed by atoms with Gasteiger partial charge in [-0.25, -0.2) is 4.98 Å². The van der Waals surface area contributed by atoms with E-state index in [0.717, 1.165) is 11.3 Å². The van der Waals surface area contributed by atoms with E-state index in [4.69, 9.17) is 0 Å². The number of hydrogen-bond donors (Lipinski definition) is 0. The minimum atomic E-state index is 0.810. The molecule has 2 rings (SSSR count). The standard InChI is InChI=1S/C15H13N/c1-12-6-5-7-13(2)15(12)10-9-14-8-3-4-11-16-14/h3-8,11H,1-2H3. The Hall–Kier alpha value is -2.07. The molecule has 0 aliphatic heterocycles. The van der Waals surface area contributed by atoms with E-state index in [1.807, 2.05) is 18.2 Å². The Bertz CT molecular complexity index is 524. The van der Waals surface area contributed by atoms with Gasteiger partial charge < -0.3 is 0 Å². The summed E-state index contributed by atoms with van der Waals surface area (Å²) in [5.74, 6) is 6.27. The Morgan fingerprint density at radius 1 is 0.875 bits per heavy atom. The first-order valence-electron chi connectivity index (χ1n) is 5.26. The van der Waals surface area contributed by atoms with E-state index in [2.05, 4.69) is 48.9 Å². The maximum absolute atomic E-state index is 4.18. The third-order valence-corrected chi connectivity index (χ3v) is 2.46. The van der Waals surface area contributed by atoms with Crippen LogP contribution in [0, 0.1) is 25.7 Å². The van der Waals surface area contributed by atoms with Crippen LogP contribution in [-0.4, -0.2) is 4.98 Å². The first-order chi connectivity index (χ1) is 7.77. The molecular formula is C15H13N. The zero-order valence-electron chi connectivity index (χ0n) is 9.49. The van der Waals surface area contributed by atoms with Crippen LogP contribution in [0.3, 0.4) is 0 Å². The molecule has 0 saturated heterocycles. The largest absolute Gasteiger partial charge is 0.248 e. The third kappa shape index (κ3) is 2.29. The van der Waals surface area contributed by atoms with Crippen molar-refractivity contribution >= 4 is 0 Å². The lowest BCUT2D eigenvalue weighted by molar-refractivity contribution is 1.28. The molecule has 1 heterocycles. The van der Waals surface area contributed by atoms with Crippen molar-refractivity contribution in [2.24, 2.45) is 0 Å². The van der Waals surface area contributed by atoms with Crippen LogP contribution in [0.25, 0.3) is 0 Å². The highest BCUT2D eigenvalue weighted by Gasteiger charge is 1.97. The van der Waals surface area contributed by atoms with Gasteiger partial charge in [-0.3, -0.25) is 0 Å². The van der Waals surface area contributed by atoms with Crippen LogP contribution in [0.1, 0.15) is 22.4 Å². The second kappa shape index (κ2) is 4.63. The molecule has 0 unspecified atom stereocenters. The molecule has 0 saturated carbocycles. The van der Waals surface area contributed by atoms with Crippen molar-refractivity contribution in [1.29, 1.82) is 0 Å². The summed E-state index contributed by atoms with van der Waals surface area (Å²) in [6.07, 6.45) is 1.76. The summed E-state index contributed by atoms with van der Waals surface area (Å²) in [5.41, 5.74) is 4.34. The zero-order chi connectivity index (χ0) is 11.4. The lowest BCUT2D eigenvalue weighted by atomic mass is 10.0. The molecule has 0 N–H and O–H groups in total. The molecule has 0 aliphatic rings. The van der Waals surface area contributed by atoms with Gasteiger partial charge in [0, 0.05) is 11.8 Å². The van der Waals surface area contributed by atoms with Crippen LogP contribution in [0.15, 0.2) is 42.6 Å². The summed E-state index contributed by atoms with van der Waals surface area (Å²) in [4.78, 5) is 4.18. The fraction of sp³-hybridized carbons (Fsp3) is 0.133. The molecule has 2 aromatic rings. The number of benzene rings is 1. The number of nitrogens with zero attached hydrogens (tertiary/aromatic N) is 1. The van der Waals surface area contributed by atoms with Gasteiger partial charge in [0.15, 0.2) is 0 Å². The van der Waals surface area contributed by atoms with Gasteiger partial charge in [0.05, 0.1) is 0 Å². The lowest BCUT2D eigenvalue weighted by Crippen LogP contribution is -1.87. The highest BCUT2D eigenvalue weighted by Crippen LogP contribution is 2.11. The first kappa shape index (κ1) is 10.4. The molecule has 0 amide bonds. The molecule has 0 atom stereocenters. The molecule has 1 heteroatoms. The Morgan fingerprint density at radius 3 is 2.25 bits per heavy atom. The normalized spacial score (nSPS) is 9.38. The Labute approximate surface area is 96.2 Å². The van der Waals surface area contributed by atoms with Crippen LogP contribution in [0.5, 0.6) is 0 Å². The summed E-state index contributed by atoms with van der Waals surface area (Å²) < 4.78 is 0. The highest BCUT2D eigenvalue weighted by atomic mass is 14.6. The number of pyridine rings is 1. The van der Waals surface area contributed by atoms with Crippen LogP contribution < -0.4 is 0 Å². The van der Waals surface area contributed by atoms with Crippen LogP contribution >= 0.6 is 0 Å². The van der Waals surface area contributed by atoms with Gasteiger partial charge in [-0.1, -0.05) is 30.2 Å². The monoisotopic (exact) mass is 207 g/mol. The molecule has 0 fully saturated rings. The fourth-order valence-corrected chi connectivity index (χ4v) is 1.57. The highest BCUT2D eigenvalue weighted by molar-refractivity contribution is 5.48. The lowest BCUT2D eigenvalue weighted by Gasteiger charge is -2.00. The fourth-order valence-electron chi connectivity index (χ4n) is 1.57. The smallest absolute Gasteiger partial charge is 0.113 e. The van der Waals surface area contributed by atoms with E-state index >= 15 is 0 Å². The summed E-state index contributed by atoms with van der Waals surface area (Å²) in [6.45, 7) is 4.16. The van der Waals surface area contributed by atoms with E-state index in [0.29, 0.717) is 0 Å². The third-order valence-electron chi connectivity index (χ3n) is 2.46. The van der Waals surface area contributed by atoms with Crippen molar-refractivity contribution in [1.82, 2.24) is 4.98 Å². The van der Waals surface area contributed by atoms with Crippen LogP contribution in [0.2, 0.25) is 0 Å². The predicted octanol–water partition coefficient (Wildman–Crippen LogP) is 3.10. The summed E-state index contributed by atoms with van der Waals surface area (Å²) >= 11 is 0. The molecule has 0 aliphatic carbocycles. The molecule has 78 valence electrons. The summed E-state index contributed by atoms with van der Waals surface area (Å²) in [5, 5.41) is 0. The minimum Gasteiger partial charge on any atom is -0.248 e. The molecule has 1 aromatic carbocycles. The molecule has 16 heavy (non-hydrogen) atoms. The number of aryl methyl sites for hydroxylation is 2. The zero-order valence-corrected chi connectivity index (χ0v) is 9.49. The van der Waals surface area contributed by atoms with Gasteiger partial charge in [0.25, 0.3) is 0 Å². The van der Waals surface area contributed by atoms with Gasteiger partial charge in [-0.05, 0) is 43.0 Å². The van der Waals surface area contributed by atoms with Gasteiger partial charge in [-0.15, -0.1) is 0 Å². The molecule has 1 nitrogen and oxygen atoms in total. The van der Waals surface area contributed by atoms with Gasteiger partial charge in [-0.2, -0.15) is 0 Å². The molecular weight excluding hydrogens is 194 g/mol. The predicted molar refractivity (Wildman–Crippen MR) is 66.1 cm³/mol. The van der Waals surface area contributed by atoms with Crippen molar-refractivity contribution < 1.29 is 0 Å². The summed E-state index contributed by atoms with van der Waals surface area (Å²) in [7, 11) is 0.